The van der Waals surface area contributed by atoms with Gasteiger partial charge in [0.05, 0.1) is 0 Å². The van der Waals surface area contributed by atoms with Crippen molar-refractivity contribution in [3.63, 3.8) is 0 Å². The number of benzene rings is 1. The number of piperidine rings is 1. The number of nitrogens with zero attached hydrogens (tertiary/aromatic N) is 4. The lowest BCUT2D eigenvalue weighted by Gasteiger charge is -2.30. The zero-order valence-corrected chi connectivity index (χ0v) is 14.9. The van der Waals surface area contributed by atoms with Crippen LogP contribution in [0.1, 0.15) is 42.7 Å². The minimum absolute atomic E-state index is 0.0660. The first-order valence-corrected chi connectivity index (χ1v) is 9.13. The number of hydrogen-bond acceptors (Lipinski definition) is 4. The predicted octanol–water partition coefficient (Wildman–Crippen LogP) is 3.30. The van der Waals surface area contributed by atoms with Crippen LogP contribution in [0.4, 0.5) is 11.5 Å². The van der Waals surface area contributed by atoms with Crippen molar-refractivity contribution in [1.82, 2.24) is 10.2 Å². The van der Waals surface area contributed by atoms with Crippen LogP contribution in [0.5, 0.6) is 0 Å². The van der Waals surface area contributed by atoms with Crippen molar-refractivity contribution in [3.8, 4) is 0 Å². The van der Waals surface area contributed by atoms with Gasteiger partial charge in [0.25, 0.3) is 5.91 Å². The van der Waals surface area contributed by atoms with Gasteiger partial charge < -0.3 is 9.80 Å². The van der Waals surface area contributed by atoms with Crippen LogP contribution in [0, 0.1) is 5.92 Å². The Kier molecular flexibility index (Phi) is 4.15. The van der Waals surface area contributed by atoms with E-state index in [4.69, 9.17) is 0 Å². The standard InChI is InChI=1S/C20H24N4O/c1-14-9-11-23(12-10-14)19-8-7-17(21-22-19)20(25)24-15(2)13-16-5-3-4-6-18(16)24/h3-8,14-15H,9-13H2,1-2H3. The molecule has 1 atom stereocenters. The normalized spacial score (nSPS) is 20.6. The van der Waals surface area contributed by atoms with Crippen LogP contribution in [0.3, 0.4) is 0 Å². The summed E-state index contributed by atoms with van der Waals surface area (Å²) >= 11 is 0. The van der Waals surface area contributed by atoms with E-state index >= 15 is 0 Å². The molecule has 4 rings (SSSR count). The lowest BCUT2D eigenvalue weighted by atomic mass is 9.99. The Morgan fingerprint density at radius 1 is 1.04 bits per heavy atom. The molecule has 1 amide bonds. The van der Waals surface area contributed by atoms with Gasteiger partial charge in [0.1, 0.15) is 0 Å². The Morgan fingerprint density at radius 2 is 1.80 bits per heavy atom. The molecule has 1 saturated heterocycles. The minimum Gasteiger partial charge on any atom is -0.355 e. The van der Waals surface area contributed by atoms with E-state index in [1.807, 2.05) is 35.2 Å². The van der Waals surface area contributed by atoms with Crippen molar-refractivity contribution < 1.29 is 4.79 Å². The average Bonchev–Trinajstić information content (AvgIpc) is 2.97. The Balaban J connectivity index is 1.53. The summed E-state index contributed by atoms with van der Waals surface area (Å²) in [6.45, 7) is 6.40. The third kappa shape index (κ3) is 2.99. The molecule has 0 saturated carbocycles. The molecule has 0 bridgehead atoms. The van der Waals surface area contributed by atoms with Gasteiger partial charge in [-0.05, 0) is 55.9 Å². The highest BCUT2D eigenvalue weighted by atomic mass is 16.2. The maximum Gasteiger partial charge on any atom is 0.279 e. The Labute approximate surface area is 148 Å². The SMILES string of the molecule is CC1CCN(c2ccc(C(=O)N3c4ccccc4CC3C)nn2)CC1. The highest BCUT2D eigenvalue weighted by Crippen LogP contribution is 2.32. The number of fused-ring (bicyclic) bond motifs is 1. The topological polar surface area (TPSA) is 49.3 Å². The average molecular weight is 336 g/mol. The summed E-state index contributed by atoms with van der Waals surface area (Å²) in [6, 6.07) is 12.0. The number of anilines is 2. The van der Waals surface area contributed by atoms with Gasteiger partial charge in [-0.15, -0.1) is 10.2 Å². The Hall–Kier alpha value is -2.43. The van der Waals surface area contributed by atoms with E-state index in [9.17, 15) is 4.79 Å². The summed E-state index contributed by atoms with van der Waals surface area (Å²) in [7, 11) is 0. The van der Waals surface area contributed by atoms with Crippen molar-refractivity contribution in [3.05, 3.63) is 47.7 Å². The van der Waals surface area contributed by atoms with Crippen LogP contribution in [0.15, 0.2) is 36.4 Å². The van der Waals surface area contributed by atoms with Crippen LogP contribution in [0.2, 0.25) is 0 Å². The fourth-order valence-electron chi connectivity index (χ4n) is 3.84. The smallest absolute Gasteiger partial charge is 0.279 e. The lowest BCUT2D eigenvalue weighted by molar-refractivity contribution is 0.0975. The summed E-state index contributed by atoms with van der Waals surface area (Å²) in [6.07, 6.45) is 3.26. The van der Waals surface area contributed by atoms with Gasteiger partial charge >= 0.3 is 0 Å². The summed E-state index contributed by atoms with van der Waals surface area (Å²) in [5.41, 5.74) is 2.63. The third-order valence-corrected chi connectivity index (χ3v) is 5.40. The number of para-hydroxylation sites is 1. The van der Waals surface area contributed by atoms with Crippen LogP contribution >= 0.6 is 0 Å². The molecule has 1 aromatic carbocycles. The van der Waals surface area contributed by atoms with E-state index in [0.29, 0.717) is 5.69 Å². The number of rotatable bonds is 2. The highest BCUT2D eigenvalue weighted by Gasteiger charge is 2.32. The molecule has 1 fully saturated rings. The molecule has 0 aliphatic carbocycles. The third-order valence-electron chi connectivity index (χ3n) is 5.40. The van der Waals surface area contributed by atoms with Crippen LogP contribution in [-0.2, 0) is 6.42 Å². The van der Waals surface area contributed by atoms with Gasteiger partial charge in [0.2, 0.25) is 0 Å². The van der Waals surface area contributed by atoms with Crippen LogP contribution in [0.25, 0.3) is 0 Å². The summed E-state index contributed by atoms with van der Waals surface area (Å²) < 4.78 is 0. The quantitative estimate of drug-likeness (QED) is 0.844. The fourth-order valence-corrected chi connectivity index (χ4v) is 3.84. The molecule has 1 aromatic heterocycles. The molecule has 5 nitrogen and oxygen atoms in total. The highest BCUT2D eigenvalue weighted by molar-refractivity contribution is 6.06. The van der Waals surface area contributed by atoms with Crippen molar-refractivity contribution in [2.45, 2.75) is 39.2 Å². The molecular formula is C20H24N4O. The van der Waals surface area contributed by atoms with E-state index in [1.54, 1.807) is 0 Å². The number of aromatic nitrogens is 2. The molecule has 1 unspecified atom stereocenters. The van der Waals surface area contributed by atoms with E-state index < -0.39 is 0 Å². The van der Waals surface area contributed by atoms with Gasteiger partial charge in [0, 0.05) is 24.8 Å². The molecule has 3 heterocycles. The first-order chi connectivity index (χ1) is 12.1. The summed E-state index contributed by atoms with van der Waals surface area (Å²) in [5, 5.41) is 8.57. The fraction of sp³-hybridized carbons (Fsp3) is 0.450. The van der Waals surface area contributed by atoms with E-state index in [1.165, 1.54) is 18.4 Å². The monoisotopic (exact) mass is 336 g/mol. The zero-order valence-electron chi connectivity index (χ0n) is 14.9. The summed E-state index contributed by atoms with van der Waals surface area (Å²) in [4.78, 5) is 17.1. The molecule has 2 aliphatic rings. The second-order valence-electron chi connectivity index (χ2n) is 7.30. The Bertz CT molecular complexity index is 766. The molecule has 25 heavy (non-hydrogen) atoms. The zero-order chi connectivity index (χ0) is 17.4. The number of hydrogen-bond donors (Lipinski definition) is 0. The maximum atomic E-state index is 13.0. The van der Waals surface area contributed by atoms with Crippen molar-refractivity contribution in [2.24, 2.45) is 5.92 Å². The van der Waals surface area contributed by atoms with Gasteiger partial charge in [-0.25, -0.2) is 0 Å². The van der Waals surface area contributed by atoms with Crippen molar-refractivity contribution in [1.29, 1.82) is 0 Å². The molecule has 2 aliphatic heterocycles. The first-order valence-electron chi connectivity index (χ1n) is 9.13. The molecule has 0 N–H and O–H groups in total. The van der Waals surface area contributed by atoms with Gasteiger partial charge in [-0.2, -0.15) is 0 Å². The van der Waals surface area contributed by atoms with Crippen molar-refractivity contribution in [2.75, 3.05) is 22.9 Å². The first kappa shape index (κ1) is 16.1. The largest absolute Gasteiger partial charge is 0.355 e. The van der Waals surface area contributed by atoms with Gasteiger partial charge in [-0.3, -0.25) is 4.79 Å². The molecule has 5 heteroatoms. The van der Waals surface area contributed by atoms with E-state index in [-0.39, 0.29) is 11.9 Å². The second-order valence-corrected chi connectivity index (χ2v) is 7.30. The minimum atomic E-state index is -0.0660. The molecule has 0 spiro atoms. The molecule has 2 aromatic rings. The molecular weight excluding hydrogens is 312 g/mol. The van der Waals surface area contributed by atoms with Gasteiger partial charge in [-0.1, -0.05) is 25.1 Å². The Morgan fingerprint density at radius 3 is 2.52 bits per heavy atom. The number of carbonyl (C=O) groups is 1. The molecule has 130 valence electrons. The van der Waals surface area contributed by atoms with E-state index in [2.05, 4.69) is 35.0 Å². The number of amides is 1. The van der Waals surface area contributed by atoms with Gasteiger partial charge in [0.15, 0.2) is 11.5 Å². The second kappa shape index (κ2) is 6.47. The molecule has 0 radical (unpaired) electrons. The number of carbonyl (C=O) groups excluding carboxylic acids is 1. The van der Waals surface area contributed by atoms with Crippen LogP contribution < -0.4 is 9.80 Å². The van der Waals surface area contributed by atoms with E-state index in [0.717, 1.165) is 36.9 Å². The maximum absolute atomic E-state index is 13.0. The van der Waals surface area contributed by atoms with Crippen molar-refractivity contribution >= 4 is 17.4 Å². The lowest BCUT2D eigenvalue weighted by Crippen LogP contribution is -2.37. The van der Waals surface area contributed by atoms with Crippen LogP contribution in [-0.4, -0.2) is 35.2 Å². The summed E-state index contributed by atoms with van der Waals surface area (Å²) in [5.74, 6) is 1.59. The predicted molar refractivity (Wildman–Crippen MR) is 99.1 cm³/mol.